The number of rotatable bonds is 5. The summed E-state index contributed by atoms with van der Waals surface area (Å²) < 4.78 is 39.4. The minimum Gasteiger partial charge on any atom is -0.440 e. The molecule has 0 spiro atoms. The number of ether oxygens (including phenoxy) is 1. The van der Waals surface area contributed by atoms with Gasteiger partial charge < -0.3 is 15.8 Å². The number of nitrogens with one attached hydrogen (secondary N) is 1. The van der Waals surface area contributed by atoms with Crippen LogP contribution in [0.2, 0.25) is 0 Å². The Kier molecular flexibility index (Phi) is 6.48. The van der Waals surface area contributed by atoms with E-state index < -0.39 is 18.9 Å². The number of anilines is 1. The second kappa shape index (κ2) is 8.10. The number of amides is 1. The molecule has 7 nitrogen and oxygen atoms in total. The molecule has 0 fully saturated rings. The normalized spacial score (nSPS) is 10.5. The van der Waals surface area contributed by atoms with Gasteiger partial charge >= 0.3 is 12.3 Å². The molecule has 0 bridgehead atoms. The molecule has 0 saturated carbocycles. The van der Waals surface area contributed by atoms with Crippen LogP contribution in [0.25, 0.3) is 0 Å². The summed E-state index contributed by atoms with van der Waals surface area (Å²) in [6.45, 7) is -1.67. The molecule has 1 heterocycles. The van der Waals surface area contributed by atoms with Crippen LogP contribution in [-0.2, 0) is 4.74 Å². The van der Waals surface area contributed by atoms with Gasteiger partial charge in [0, 0.05) is 12.3 Å². The smallest absolute Gasteiger partial charge is 0.422 e. The number of alkyl halides is 3. The third kappa shape index (κ3) is 6.32. The predicted molar refractivity (Wildman–Crippen MR) is 74.2 cm³/mol. The van der Waals surface area contributed by atoms with E-state index in [1.54, 1.807) is 6.07 Å². The quantitative estimate of drug-likeness (QED) is 0.615. The van der Waals surface area contributed by atoms with Gasteiger partial charge in [0.1, 0.15) is 23.0 Å². The highest BCUT2D eigenvalue weighted by Gasteiger charge is 2.29. The number of halogens is 3. The van der Waals surface area contributed by atoms with Crippen LogP contribution < -0.4 is 11.1 Å². The van der Waals surface area contributed by atoms with Gasteiger partial charge in [-0.15, -0.1) is 11.8 Å². The van der Waals surface area contributed by atoms with Crippen molar-refractivity contribution in [1.29, 1.82) is 10.5 Å². The predicted octanol–water partition coefficient (Wildman–Crippen LogP) is 1.79. The summed E-state index contributed by atoms with van der Waals surface area (Å²) in [5.74, 6) is 0.181. The summed E-state index contributed by atoms with van der Waals surface area (Å²) >= 11 is 1.06. The highest BCUT2D eigenvalue weighted by atomic mass is 32.2. The Labute approximate surface area is 133 Å². The monoisotopic (exact) mass is 345 g/mol. The standard InChI is InChI=1S/C12H10F3N5O2S/c13-12(14,15)6-22-11(21)19-1-2-23-10-8(5-17)3-7(4-16)9(18)20-10/h3H,1-2,6H2,(H2,18,20)(H,19,21). The summed E-state index contributed by atoms with van der Waals surface area (Å²) in [7, 11) is 0. The molecule has 0 aliphatic rings. The summed E-state index contributed by atoms with van der Waals surface area (Å²) in [5.41, 5.74) is 5.74. The van der Waals surface area contributed by atoms with Gasteiger partial charge in [-0.25, -0.2) is 9.78 Å². The maximum Gasteiger partial charge on any atom is 0.422 e. The van der Waals surface area contributed by atoms with E-state index in [0.29, 0.717) is 0 Å². The van der Waals surface area contributed by atoms with E-state index in [0.717, 1.165) is 11.8 Å². The molecule has 11 heteroatoms. The molecule has 3 N–H and O–H groups in total. The first kappa shape index (κ1) is 18.4. The van der Waals surface area contributed by atoms with Gasteiger partial charge in [0.2, 0.25) is 0 Å². The van der Waals surface area contributed by atoms with E-state index in [1.165, 1.54) is 6.07 Å². The molecule has 23 heavy (non-hydrogen) atoms. The van der Waals surface area contributed by atoms with Crippen LogP contribution in [-0.4, -0.2) is 36.2 Å². The van der Waals surface area contributed by atoms with Crippen molar-refractivity contribution in [2.45, 2.75) is 11.2 Å². The maximum atomic E-state index is 11.8. The fourth-order valence-corrected chi connectivity index (χ4v) is 2.11. The molecule has 122 valence electrons. The van der Waals surface area contributed by atoms with Crippen LogP contribution in [0.1, 0.15) is 11.1 Å². The Morgan fingerprint density at radius 2 is 2.04 bits per heavy atom. The summed E-state index contributed by atoms with van der Waals surface area (Å²) in [6, 6.07) is 4.94. The first-order valence-electron chi connectivity index (χ1n) is 5.97. The van der Waals surface area contributed by atoms with Crippen molar-refractivity contribution in [3.05, 3.63) is 17.2 Å². The number of pyridine rings is 1. The molecule has 0 aliphatic carbocycles. The van der Waals surface area contributed by atoms with Crippen LogP contribution in [0.5, 0.6) is 0 Å². The van der Waals surface area contributed by atoms with Crippen molar-refractivity contribution in [2.75, 3.05) is 24.6 Å². The Hall–Kier alpha value is -2.66. The fourth-order valence-electron chi connectivity index (χ4n) is 1.29. The zero-order chi connectivity index (χ0) is 17.5. The van der Waals surface area contributed by atoms with Gasteiger partial charge in [0.25, 0.3) is 0 Å². The Morgan fingerprint density at radius 3 is 2.61 bits per heavy atom. The number of nitrogens with two attached hydrogens (primary N) is 1. The highest BCUT2D eigenvalue weighted by Crippen LogP contribution is 2.23. The summed E-state index contributed by atoms with van der Waals surface area (Å²) in [4.78, 5) is 14.9. The number of carbonyl (C=O) groups is 1. The highest BCUT2D eigenvalue weighted by molar-refractivity contribution is 7.99. The lowest BCUT2D eigenvalue weighted by atomic mass is 10.2. The Bertz CT molecular complexity index is 666. The molecule has 0 saturated heterocycles. The van der Waals surface area contributed by atoms with Crippen molar-refractivity contribution in [3.63, 3.8) is 0 Å². The summed E-state index contributed by atoms with van der Waals surface area (Å²) in [6.07, 6.45) is -5.78. The van der Waals surface area contributed by atoms with Gasteiger partial charge in [-0.1, -0.05) is 0 Å². The molecule has 1 rings (SSSR count). The van der Waals surface area contributed by atoms with E-state index in [2.05, 4.69) is 15.0 Å². The molecule has 0 aromatic carbocycles. The van der Waals surface area contributed by atoms with E-state index in [-0.39, 0.29) is 34.3 Å². The van der Waals surface area contributed by atoms with Crippen LogP contribution in [0.15, 0.2) is 11.1 Å². The van der Waals surface area contributed by atoms with E-state index in [4.69, 9.17) is 16.3 Å². The van der Waals surface area contributed by atoms with Gasteiger partial charge in [-0.2, -0.15) is 23.7 Å². The van der Waals surface area contributed by atoms with Crippen molar-refractivity contribution < 1.29 is 22.7 Å². The lowest BCUT2D eigenvalue weighted by molar-refractivity contribution is -0.160. The minimum absolute atomic E-state index is 0.00614. The van der Waals surface area contributed by atoms with Crippen molar-refractivity contribution in [2.24, 2.45) is 0 Å². The zero-order valence-electron chi connectivity index (χ0n) is 11.5. The maximum absolute atomic E-state index is 11.8. The first-order chi connectivity index (χ1) is 10.8. The van der Waals surface area contributed by atoms with Crippen molar-refractivity contribution in [1.82, 2.24) is 10.3 Å². The molecule has 0 unspecified atom stereocenters. The third-order valence-electron chi connectivity index (χ3n) is 2.24. The lowest BCUT2D eigenvalue weighted by Crippen LogP contribution is -2.30. The number of nitrogens with zero attached hydrogens (tertiary/aromatic N) is 3. The molecular formula is C12H10F3N5O2S. The number of thioether (sulfide) groups is 1. The van der Waals surface area contributed by atoms with Gasteiger partial charge in [0.15, 0.2) is 6.61 Å². The second-order valence-corrected chi connectivity index (χ2v) is 5.05. The number of hydrogen-bond donors (Lipinski definition) is 2. The Morgan fingerprint density at radius 1 is 1.39 bits per heavy atom. The zero-order valence-corrected chi connectivity index (χ0v) is 12.3. The third-order valence-corrected chi connectivity index (χ3v) is 3.23. The molecule has 1 aromatic heterocycles. The molecule has 0 radical (unpaired) electrons. The molecular weight excluding hydrogens is 335 g/mol. The number of hydrogen-bond acceptors (Lipinski definition) is 7. The average molecular weight is 345 g/mol. The largest absolute Gasteiger partial charge is 0.440 e. The second-order valence-electron chi connectivity index (χ2n) is 3.96. The van der Waals surface area contributed by atoms with E-state index in [9.17, 15) is 18.0 Å². The first-order valence-corrected chi connectivity index (χ1v) is 6.96. The SMILES string of the molecule is N#Cc1cc(C#N)c(SCCNC(=O)OCC(F)(F)F)nc1N. The number of nitriles is 2. The minimum atomic E-state index is -4.59. The van der Waals surface area contributed by atoms with Crippen LogP contribution >= 0.6 is 11.8 Å². The summed E-state index contributed by atoms with van der Waals surface area (Å²) in [5, 5.41) is 20.1. The van der Waals surface area contributed by atoms with Crippen molar-refractivity contribution in [3.8, 4) is 12.1 Å². The van der Waals surface area contributed by atoms with E-state index in [1.807, 2.05) is 6.07 Å². The Balaban J connectivity index is 2.48. The van der Waals surface area contributed by atoms with Gasteiger partial charge in [0.05, 0.1) is 11.1 Å². The number of carbonyl (C=O) groups excluding carboxylic acids is 1. The number of aromatic nitrogens is 1. The van der Waals surface area contributed by atoms with Crippen LogP contribution in [0, 0.1) is 22.7 Å². The average Bonchev–Trinajstić information content (AvgIpc) is 2.49. The molecule has 0 aliphatic heterocycles. The van der Waals surface area contributed by atoms with Gasteiger partial charge in [-0.05, 0) is 6.07 Å². The lowest BCUT2D eigenvalue weighted by Gasteiger charge is -2.09. The van der Waals surface area contributed by atoms with E-state index >= 15 is 0 Å². The van der Waals surface area contributed by atoms with Gasteiger partial charge in [-0.3, -0.25) is 0 Å². The molecule has 1 amide bonds. The number of alkyl carbamates (subject to hydrolysis) is 1. The molecule has 0 atom stereocenters. The topological polar surface area (TPSA) is 125 Å². The van der Waals surface area contributed by atoms with Crippen molar-refractivity contribution >= 4 is 23.7 Å². The number of nitrogen functional groups attached to an aromatic ring is 1. The van der Waals surface area contributed by atoms with Crippen LogP contribution in [0.3, 0.4) is 0 Å². The fraction of sp³-hybridized carbons (Fsp3) is 0.333. The molecule has 1 aromatic rings. The van der Waals surface area contributed by atoms with Crippen LogP contribution in [0.4, 0.5) is 23.8 Å².